The Kier molecular flexibility index (Phi) is 8.93. The van der Waals surface area contributed by atoms with Gasteiger partial charge < -0.3 is 10.4 Å². The van der Waals surface area contributed by atoms with Gasteiger partial charge in [-0.1, -0.05) is 42.5 Å². The molecule has 9 nitrogen and oxygen atoms in total. The second-order valence-electron chi connectivity index (χ2n) is 7.97. The highest BCUT2D eigenvalue weighted by atomic mass is 16.4. The number of fused-ring (bicyclic) bond motifs is 1. The van der Waals surface area contributed by atoms with Gasteiger partial charge in [-0.2, -0.15) is 0 Å². The number of aryl methyl sites for hydroxylation is 1. The summed E-state index contributed by atoms with van der Waals surface area (Å²) in [6, 6.07) is 15.6. The topological polar surface area (TPSA) is 132 Å². The van der Waals surface area contributed by atoms with Crippen molar-refractivity contribution in [2.75, 3.05) is 11.9 Å². The van der Waals surface area contributed by atoms with Crippen molar-refractivity contribution < 1.29 is 19.5 Å². The smallest absolute Gasteiger partial charge is 0.335 e. The van der Waals surface area contributed by atoms with Gasteiger partial charge in [0.1, 0.15) is 5.82 Å². The Hall–Kier alpha value is -3.98. The van der Waals surface area contributed by atoms with Gasteiger partial charge in [0.2, 0.25) is 5.91 Å². The summed E-state index contributed by atoms with van der Waals surface area (Å²) in [5.41, 5.74) is 7.01. The molecule has 0 fully saturated rings. The number of carboxylic acids is 1. The SMILES string of the molecule is Cc1ccnc(NCCCCC(=O)NC(=O)NNC(CC(=O)O)c2cccc3ccccc23)c1. The van der Waals surface area contributed by atoms with Crippen LogP contribution < -0.4 is 21.5 Å². The number of urea groups is 1. The Morgan fingerprint density at radius 1 is 1.03 bits per heavy atom. The van der Waals surface area contributed by atoms with E-state index in [1.165, 1.54) is 0 Å². The van der Waals surface area contributed by atoms with Crippen molar-refractivity contribution >= 4 is 34.5 Å². The average molecular weight is 464 g/mol. The molecule has 178 valence electrons. The number of hydrazine groups is 1. The van der Waals surface area contributed by atoms with Crippen molar-refractivity contribution in [2.24, 2.45) is 0 Å². The monoisotopic (exact) mass is 463 g/mol. The standard InChI is InChI=1S/C25H29N5O4/c1-17-12-14-27-22(15-17)26-13-5-4-11-23(31)28-25(34)30-29-21(16-24(32)33)20-10-6-8-18-7-2-3-9-19(18)20/h2-3,6-10,12,14-15,21,29H,4-5,11,13,16H2,1H3,(H,26,27)(H,32,33)(H2,28,30,31,34). The van der Waals surface area contributed by atoms with Crippen LogP contribution in [0.2, 0.25) is 0 Å². The number of amides is 3. The first-order valence-electron chi connectivity index (χ1n) is 11.1. The molecule has 0 aliphatic rings. The molecule has 0 aliphatic heterocycles. The molecule has 0 aliphatic carbocycles. The van der Waals surface area contributed by atoms with Gasteiger partial charge in [0.05, 0.1) is 12.5 Å². The normalized spacial score (nSPS) is 11.6. The number of aliphatic carboxylic acids is 1. The van der Waals surface area contributed by atoms with Gasteiger partial charge in [0, 0.05) is 19.2 Å². The van der Waals surface area contributed by atoms with Crippen molar-refractivity contribution in [3.05, 3.63) is 71.9 Å². The van der Waals surface area contributed by atoms with Gasteiger partial charge in [-0.25, -0.2) is 15.2 Å². The van der Waals surface area contributed by atoms with Crippen LogP contribution in [0.4, 0.5) is 10.6 Å². The molecule has 1 heterocycles. The highest BCUT2D eigenvalue weighted by Gasteiger charge is 2.19. The fourth-order valence-electron chi connectivity index (χ4n) is 3.60. The molecule has 9 heteroatoms. The molecule has 3 aromatic rings. The van der Waals surface area contributed by atoms with Crippen LogP contribution in [0, 0.1) is 6.92 Å². The lowest BCUT2D eigenvalue weighted by molar-refractivity contribution is -0.137. The van der Waals surface area contributed by atoms with E-state index in [1.807, 2.05) is 61.5 Å². The number of carbonyl (C=O) groups is 3. The Morgan fingerprint density at radius 2 is 1.82 bits per heavy atom. The molecule has 1 atom stereocenters. The van der Waals surface area contributed by atoms with Crippen molar-refractivity contribution in [2.45, 2.75) is 38.6 Å². The van der Waals surface area contributed by atoms with Crippen LogP contribution in [-0.4, -0.2) is 34.5 Å². The third kappa shape index (κ3) is 7.56. The minimum absolute atomic E-state index is 0.193. The quantitative estimate of drug-likeness (QED) is 0.216. The van der Waals surface area contributed by atoms with Gasteiger partial charge in [-0.3, -0.25) is 20.3 Å². The van der Waals surface area contributed by atoms with E-state index in [0.717, 1.165) is 34.1 Å². The van der Waals surface area contributed by atoms with Gasteiger partial charge >= 0.3 is 12.0 Å². The molecule has 3 amide bonds. The Bertz CT molecular complexity index is 1150. The van der Waals surface area contributed by atoms with Crippen LogP contribution in [0.15, 0.2) is 60.8 Å². The lowest BCUT2D eigenvalue weighted by Crippen LogP contribution is -2.48. The van der Waals surface area contributed by atoms with Crippen LogP contribution in [-0.2, 0) is 9.59 Å². The molecule has 1 aromatic heterocycles. The predicted molar refractivity (Wildman–Crippen MR) is 130 cm³/mol. The molecular formula is C25H29N5O4. The number of benzene rings is 2. The summed E-state index contributed by atoms with van der Waals surface area (Å²) in [6.45, 7) is 2.66. The molecule has 1 unspecified atom stereocenters. The second-order valence-corrected chi connectivity index (χ2v) is 7.97. The molecule has 0 saturated heterocycles. The summed E-state index contributed by atoms with van der Waals surface area (Å²) in [4.78, 5) is 39.8. The largest absolute Gasteiger partial charge is 0.481 e. The highest BCUT2D eigenvalue weighted by Crippen LogP contribution is 2.26. The van der Waals surface area contributed by atoms with Crippen molar-refractivity contribution in [3.8, 4) is 0 Å². The lowest BCUT2D eigenvalue weighted by atomic mass is 9.97. The molecule has 5 N–H and O–H groups in total. The predicted octanol–water partition coefficient (Wildman–Crippen LogP) is 3.67. The molecule has 0 spiro atoms. The number of carboxylic acid groups (broad SMARTS) is 1. The number of unbranched alkanes of at least 4 members (excludes halogenated alkanes) is 1. The lowest BCUT2D eigenvalue weighted by Gasteiger charge is -2.20. The summed E-state index contributed by atoms with van der Waals surface area (Å²) >= 11 is 0. The van der Waals surface area contributed by atoms with Crippen molar-refractivity contribution in [1.82, 2.24) is 21.2 Å². The maximum Gasteiger partial charge on any atom is 0.335 e. The zero-order chi connectivity index (χ0) is 24.3. The van der Waals surface area contributed by atoms with Crippen LogP contribution in [0.3, 0.4) is 0 Å². The van der Waals surface area contributed by atoms with Crippen LogP contribution in [0.25, 0.3) is 10.8 Å². The van der Waals surface area contributed by atoms with E-state index in [9.17, 15) is 19.5 Å². The van der Waals surface area contributed by atoms with Gasteiger partial charge in [0.25, 0.3) is 0 Å². The van der Waals surface area contributed by atoms with Crippen molar-refractivity contribution in [1.29, 1.82) is 0 Å². The van der Waals surface area contributed by atoms with E-state index in [2.05, 4.69) is 26.5 Å². The van der Waals surface area contributed by atoms with Crippen LogP contribution in [0.1, 0.15) is 42.9 Å². The number of aromatic nitrogens is 1. The molecule has 0 radical (unpaired) electrons. The molecular weight excluding hydrogens is 434 g/mol. The number of nitrogens with one attached hydrogen (secondary N) is 4. The first kappa shape index (κ1) is 24.7. The number of imide groups is 1. The van der Waals surface area contributed by atoms with E-state index in [1.54, 1.807) is 6.20 Å². The van der Waals surface area contributed by atoms with E-state index >= 15 is 0 Å². The number of anilines is 1. The first-order chi connectivity index (χ1) is 16.4. The molecule has 3 rings (SSSR count). The van der Waals surface area contributed by atoms with E-state index in [4.69, 9.17) is 0 Å². The number of hydrogen-bond donors (Lipinski definition) is 5. The maximum absolute atomic E-state index is 12.2. The van der Waals surface area contributed by atoms with Gasteiger partial charge in [-0.15, -0.1) is 0 Å². The Morgan fingerprint density at radius 3 is 2.62 bits per heavy atom. The van der Waals surface area contributed by atoms with Gasteiger partial charge in [-0.05, 0) is 53.8 Å². The maximum atomic E-state index is 12.2. The first-order valence-corrected chi connectivity index (χ1v) is 11.1. The summed E-state index contributed by atoms with van der Waals surface area (Å²) in [6.07, 6.45) is 3.02. The number of nitrogens with zero attached hydrogens (tertiary/aromatic N) is 1. The summed E-state index contributed by atoms with van der Waals surface area (Å²) in [7, 11) is 0. The highest BCUT2D eigenvalue weighted by molar-refractivity contribution is 5.94. The van der Waals surface area contributed by atoms with E-state index < -0.39 is 23.9 Å². The van der Waals surface area contributed by atoms with Crippen LogP contribution >= 0.6 is 0 Å². The number of rotatable bonds is 11. The second kappa shape index (κ2) is 12.3. The number of pyridine rings is 1. The van der Waals surface area contributed by atoms with E-state index in [-0.39, 0.29) is 12.8 Å². The van der Waals surface area contributed by atoms with Crippen molar-refractivity contribution in [3.63, 3.8) is 0 Å². The minimum atomic E-state index is -1.02. The fraction of sp³-hybridized carbons (Fsp3) is 0.280. The zero-order valence-electron chi connectivity index (χ0n) is 19.0. The molecule has 34 heavy (non-hydrogen) atoms. The minimum Gasteiger partial charge on any atom is -0.481 e. The summed E-state index contributed by atoms with van der Waals surface area (Å²) < 4.78 is 0. The third-order valence-electron chi connectivity index (χ3n) is 5.24. The van der Waals surface area contributed by atoms with Gasteiger partial charge in [0.15, 0.2) is 0 Å². The number of hydrogen-bond acceptors (Lipinski definition) is 6. The fourth-order valence-corrected chi connectivity index (χ4v) is 3.60. The Balaban J connectivity index is 1.44. The number of carbonyl (C=O) groups excluding carboxylic acids is 2. The molecule has 0 bridgehead atoms. The van der Waals surface area contributed by atoms with E-state index in [0.29, 0.717) is 13.0 Å². The Labute approximate surface area is 197 Å². The third-order valence-corrected chi connectivity index (χ3v) is 5.24. The zero-order valence-corrected chi connectivity index (χ0v) is 19.0. The molecule has 0 saturated carbocycles. The molecule has 2 aromatic carbocycles. The van der Waals surface area contributed by atoms with Crippen LogP contribution in [0.5, 0.6) is 0 Å². The summed E-state index contributed by atoms with van der Waals surface area (Å²) in [5, 5.41) is 16.6. The summed E-state index contributed by atoms with van der Waals surface area (Å²) in [5.74, 6) is -0.636. The average Bonchev–Trinajstić information content (AvgIpc) is 2.81.